The highest BCUT2D eigenvalue weighted by atomic mass is 16.5. The Hall–Kier alpha value is -4.20. The minimum absolute atomic E-state index is 0.130. The van der Waals surface area contributed by atoms with E-state index in [1.54, 1.807) is 12.4 Å². The molecule has 1 amide bonds. The van der Waals surface area contributed by atoms with Crippen LogP contribution in [-0.4, -0.2) is 48.7 Å². The van der Waals surface area contributed by atoms with Crippen LogP contribution in [0.1, 0.15) is 46.5 Å². The van der Waals surface area contributed by atoms with Crippen molar-refractivity contribution in [2.75, 3.05) is 32.9 Å². The van der Waals surface area contributed by atoms with Crippen LogP contribution in [0.3, 0.4) is 0 Å². The Morgan fingerprint density at radius 2 is 1.81 bits per heavy atom. The summed E-state index contributed by atoms with van der Waals surface area (Å²) < 4.78 is 17.8. The lowest BCUT2D eigenvalue weighted by molar-refractivity contribution is 0.0746. The number of nitrogens with zero attached hydrogens (tertiary/aromatic N) is 2. The van der Waals surface area contributed by atoms with E-state index in [4.69, 9.17) is 14.2 Å². The number of rotatable bonds is 7. The predicted molar refractivity (Wildman–Crippen MR) is 164 cm³/mol. The van der Waals surface area contributed by atoms with Crippen LogP contribution < -0.4 is 14.8 Å². The molecule has 218 valence electrons. The Balaban J connectivity index is 1.26. The first-order chi connectivity index (χ1) is 20.5. The zero-order chi connectivity index (χ0) is 29.1. The molecule has 0 radical (unpaired) electrons. The molecule has 0 atom stereocenters. The lowest BCUT2D eigenvalue weighted by Crippen LogP contribution is -2.31. The SMILES string of the molecule is CC(C)CN1CCOCCOc2ccc(C(=O)NCc3ccc(Oc4cccnc4)cc3)cc2Cc2cccc(c2)C1. The van der Waals surface area contributed by atoms with E-state index in [9.17, 15) is 4.79 Å². The molecule has 7 heteroatoms. The van der Waals surface area contributed by atoms with E-state index in [0.29, 0.717) is 55.8 Å². The number of pyridine rings is 1. The second kappa shape index (κ2) is 14.6. The van der Waals surface area contributed by atoms with Crippen molar-refractivity contribution in [3.05, 3.63) is 119 Å². The van der Waals surface area contributed by atoms with Crippen molar-refractivity contribution in [1.82, 2.24) is 15.2 Å². The summed E-state index contributed by atoms with van der Waals surface area (Å²) in [6, 6.07) is 25.7. The van der Waals surface area contributed by atoms with Crippen molar-refractivity contribution < 1.29 is 19.0 Å². The summed E-state index contributed by atoms with van der Waals surface area (Å²) >= 11 is 0. The highest BCUT2D eigenvalue weighted by Crippen LogP contribution is 2.25. The third-order valence-electron chi connectivity index (χ3n) is 7.02. The minimum atomic E-state index is -0.130. The third-order valence-corrected chi connectivity index (χ3v) is 7.02. The van der Waals surface area contributed by atoms with Gasteiger partial charge in [-0.3, -0.25) is 14.7 Å². The molecule has 0 spiro atoms. The second-order valence-electron chi connectivity index (χ2n) is 11.0. The molecule has 0 saturated carbocycles. The van der Waals surface area contributed by atoms with E-state index in [2.05, 4.69) is 53.3 Å². The van der Waals surface area contributed by atoms with Gasteiger partial charge in [-0.25, -0.2) is 0 Å². The summed E-state index contributed by atoms with van der Waals surface area (Å²) in [5, 5.41) is 3.04. The Morgan fingerprint density at radius 3 is 2.62 bits per heavy atom. The van der Waals surface area contributed by atoms with Crippen molar-refractivity contribution in [3.63, 3.8) is 0 Å². The van der Waals surface area contributed by atoms with Gasteiger partial charge in [0.1, 0.15) is 23.9 Å². The molecule has 42 heavy (non-hydrogen) atoms. The summed E-state index contributed by atoms with van der Waals surface area (Å²) in [5.41, 5.74) is 5.03. The van der Waals surface area contributed by atoms with Crippen LogP contribution in [0.15, 0.2) is 91.3 Å². The summed E-state index contributed by atoms with van der Waals surface area (Å²) in [5.74, 6) is 2.62. The Kier molecular flexibility index (Phi) is 10.2. The van der Waals surface area contributed by atoms with Crippen molar-refractivity contribution >= 4 is 5.91 Å². The van der Waals surface area contributed by atoms with Gasteiger partial charge in [-0.05, 0) is 70.6 Å². The van der Waals surface area contributed by atoms with E-state index in [-0.39, 0.29) is 5.91 Å². The molecule has 0 unspecified atom stereocenters. The quantitative estimate of drug-likeness (QED) is 0.285. The van der Waals surface area contributed by atoms with E-state index in [1.807, 2.05) is 54.6 Å². The lowest BCUT2D eigenvalue weighted by atomic mass is 9.99. The fourth-order valence-electron chi connectivity index (χ4n) is 5.08. The first-order valence-corrected chi connectivity index (χ1v) is 14.6. The number of hydrogen-bond acceptors (Lipinski definition) is 6. The van der Waals surface area contributed by atoms with Gasteiger partial charge in [-0.2, -0.15) is 0 Å². The maximum absolute atomic E-state index is 13.2. The number of carbonyl (C=O) groups excluding carboxylic acids is 1. The van der Waals surface area contributed by atoms with Crippen LogP contribution in [0.25, 0.3) is 0 Å². The van der Waals surface area contributed by atoms with Crippen molar-refractivity contribution in [3.8, 4) is 17.2 Å². The van der Waals surface area contributed by atoms with Gasteiger partial charge < -0.3 is 19.5 Å². The van der Waals surface area contributed by atoms with E-state index < -0.39 is 0 Å². The van der Waals surface area contributed by atoms with Gasteiger partial charge in [0.25, 0.3) is 5.91 Å². The largest absolute Gasteiger partial charge is 0.491 e. The number of hydrogen-bond donors (Lipinski definition) is 1. The fourth-order valence-corrected chi connectivity index (χ4v) is 5.08. The van der Waals surface area contributed by atoms with Crippen LogP contribution in [-0.2, 0) is 24.2 Å². The molecule has 1 N–H and O–H groups in total. The Morgan fingerprint density at radius 1 is 0.952 bits per heavy atom. The summed E-state index contributed by atoms with van der Waals surface area (Å²) in [7, 11) is 0. The predicted octanol–water partition coefficient (Wildman–Crippen LogP) is 6.26. The van der Waals surface area contributed by atoms with Gasteiger partial charge in [0, 0.05) is 44.4 Å². The van der Waals surface area contributed by atoms with Crippen molar-refractivity contribution in [2.24, 2.45) is 5.92 Å². The smallest absolute Gasteiger partial charge is 0.251 e. The van der Waals surface area contributed by atoms with E-state index in [1.165, 1.54) is 11.1 Å². The minimum Gasteiger partial charge on any atom is -0.491 e. The Labute approximate surface area is 248 Å². The zero-order valence-corrected chi connectivity index (χ0v) is 24.4. The summed E-state index contributed by atoms with van der Waals surface area (Å²) in [6.07, 6.45) is 4.05. The second-order valence-corrected chi connectivity index (χ2v) is 11.0. The number of ether oxygens (including phenoxy) is 3. The normalized spacial score (nSPS) is 14.4. The maximum atomic E-state index is 13.2. The zero-order valence-electron chi connectivity index (χ0n) is 24.4. The molecular formula is C35H39N3O4. The third kappa shape index (κ3) is 8.65. The Bertz CT molecular complexity index is 1440. The van der Waals surface area contributed by atoms with Gasteiger partial charge in [0.05, 0.1) is 19.4 Å². The molecule has 7 nitrogen and oxygen atoms in total. The van der Waals surface area contributed by atoms with Crippen LogP contribution in [0.5, 0.6) is 17.2 Å². The van der Waals surface area contributed by atoms with Gasteiger partial charge in [-0.15, -0.1) is 0 Å². The number of amides is 1. The van der Waals surface area contributed by atoms with Gasteiger partial charge >= 0.3 is 0 Å². The molecule has 1 aliphatic heterocycles. The van der Waals surface area contributed by atoms with Crippen LogP contribution in [0, 0.1) is 5.92 Å². The monoisotopic (exact) mass is 565 g/mol. The molecule has 0 saturated heterocycles. The van der Waals surface area contributed by atoms with Crippen LogP contribution in [0.2, 0.25) is 0 Å². The molecule has 1 aromatic heterocycles. The molecule has 0 fully saturated rings. The van der Waals surface area contributed by atoms with E-state index in [0.717, 1.165) is 36.5 Å². The van der Waals surface area contributed by atoms with Crippen molar-refractivity contribution in [1.29, 1.82) is 0 Å². The molecule has 0 aliphatic carbocycles. The van der Waals surface area contributed by atoms with Gasteiger partial charge in [0.15, 0.2) is 0 Å². The lowest BCUT2D eigenvalue weighted by Gasteiger charge is -2.25. The molecule has 4 aromatic rings. The van der Waals surface area contributed by atoms with Gasteiger partial charge in [-0.1, -0.05) is 50.2 Å². The van der Waals surface area contributed by atoms with Gasteiger partial charge in [0.2, 0.25) is 0 Å². The molecule has 1 aliphatic rings. The topological polar surface area (TPSA) is 72.9 Å². The first-order valence-electron chi connectivity index (χ1n) is 14.6. The highest BCUT2D eigenvalue weighted by molar-refractivity contribution is 5.94. The standard InChI is InChI=1S/C35H39N3O4/c1-26(2)24-38-15-16-40-17-18-41-34-13-10-30(21-31(34)20-28-5-3-6-29(19-28)25-38)35(39)37-22-27-8-11-32(12-9-27)42-33-7-4-14-36-23-33/h3-14,19,21,23,26H,15-18,20,22,24-25H2,1-2H3,(H,37,39). The number of aromatic nitrogens is 1. The molecule has 2 heterocycles. The maximum Gasteiger partial charge on any atom is 0.251 e. The number of nitrogens with one attached hydrogen (secondary N) is 1. The van der Waals surface area contributed by atoms with Crippen LogP contribution >= 0.6 is 0 Å². The number of fused-ring (bicyclic) bond motifs is 3. The number of carbonyl (C=O) groups is 1. The van der Waals surface area contributed by atoms with E-state index >= 15 is 0 Å². The molecule has 2 bridgehead atoms. The molecule has 5 rings (SSSR count). The first kappa shape index (κ1) is 29.3. The van der Waals surface area contributed by atoms with Crippen LogP contribution in [0.4, 0.5) is 0 Å². The number of benzene rings is 3. The average molecular weight is 566 g/mol. The highest BCUT2D eigenvalue weighted by Gasteiger charge is 2.14. The summed E-state index contributed by atoms with van der Waals surface area (Å²) in [6.45, 7) is 9.35. The molecular weight excluding hydrogens is 526 g/mol. The van der Waals surface area contributed by atoms with Crippen molar-refractivity contribution in [2.45, 2.75) is 33.4 Å². The fraction of sp³-hybridized carbons (Fsp3) is 0.314. The summed E-state index contributed by atoms with van der Waals surface area (Å²) in [4.78, 5) is 19.7. The molecule has 3 aromatic carbocycles. The average Bonchev–Trinajstić information content (AvgIpc) is 2.99.